The van der Waals surface area contributed by atoms with Crippen LogP contribution in [0.4, 0.5) is 8.78 Å². The molecule has 0 aliphatic heterocycles. The van der Waals surface area contributed by atoms with Crippen molar-refractivity contribution < 1.29 is 8.78 Å². The second kappa shape index (κ2) is 8.85. The molecule has 1 aromatic carbocycles. The highest BCUT2D eigenvalue weighted by atomic mass is 19.1. The minimum atomic E-state index is -0.454. The number of allylic oxidation sites excluding steroid dienone is 1. The lowest BCUT2D eigenvalue weighted by atomic mass is 9.97. The minimum Gasteiger partial charge on any atom is -0.310 e. The molecule has 0 saturated carbocycles. The van der Waals surface area contributed by atoms with Crippen molar-refractivity contribution in [1.29, 1.82) is 0 Å². The van der Waals surface area contributed by atoms with Crippen molar-refractivity contribution in [1.82, 2.24) is 5.32 Å². The maximum Gasteiger partial charge on any atom is 0.133 e. The highest BCUT2D eigenvalue weighted by Gasteiger charge is 2.20. The first-order valence-electron chi connectivity index (χ1n) is 7.40. The van der Waals surface area contributed by atoms with Gasteiger partial charge in [0.15, 0.2) is 0 Å². The summed E-state index contributed by atoms with van der Waals surface area (Å²) in [5.74, 6) is -0.868. The van der Waals surface area contributed by atoms with Crippen LogP contribution in [0.25, 0.3) is 0 Å². The molecule has 0 spiro atoms. The first-order valence-corrected chi connectivity index (χ1v) is 7.40. The summed E-state index contributed by atoms with van der Waals surface area (Å²) in [4.78, 5) is 0. The smallest absolute Gasteiger partial charge is 0.133 e. The molecular formula is C17H25F2N. The predicted octanol–water partition coefficient (Wildman–Crippen LogP) is 5.06. The summed E-state index contributed by atoms with van der Waals surface area (Å²) in [5, 5.41) is 3.20. The summed E-state index contributed by atoms with van der Waals surface area (Å²) in [5.41, 5.74) is 0.687. The molecule has 0 heterocycles. The molecule has 0 bridgehead atoms. The third kappa shape index (κ3) is 4.71. The van der Waals surface area contributed by atoms with E-state index in [1.54, 1.807) is 6.92 Å². The molecule has 20 heavy (non-hydrogen) atoms. The molecule has 3 heteroatoms. The van der Waals surface area contributed by atoms with Crippen LogP contribution in [0.3, 0.4) is 0 Å². The summed E-state index contributed by atoms with van der Waals surface area (Å²) < 4.78 is 28.1. The molecule has 1 aromatic rings. The predicted molar refractivity (Wildman–Crippen MR) is 80.8 cm³/mol. The van der Waals surface area contributed by atoms with Crippen LogP contribution in [0.1, 0.15) is 56.2 Å². The van der Waals surface area contributed by atoms with Crippen molar-refractivity contribution in [2.45, 2.75) is 52.0 Å². The van der Waals surface area contributed by atoms with Gasteiger partial charge in [0.1, 0.15) is 11.6 Å². The Kier molecular flexibility index (Phi) is 7.45. The average molecular weight is 281 g/mol. The first-order chi connectivity index (χ1) is 9.61. The van der Waals surface area contributed by atoms with Crippen molar-refractivity contribution >= 4 is 0 Å². The number of nitrogens with one attached hydrogen (secondary N) is 1. The van der Waals surface area contributed by atoms with Crippen molar-refractivity contribution in [3.8, 4) is 0 Å². The molecule has 0 amide bonds. The number of hydrogen-bond acceptors (Lipinski definition) is 1. The van der Waals surface area contributed by atoms with Crippen LogP contribution in [0.2, 0.25) is 0 Å². The van der Waals surface area contributed by atoms with Gasteiger partial charge < -0.3 is 5.32 Å². The Morgan fingerprint density at radius 1 is 1.25 bits per heavy atom. The number of benzene rings is 1. The zero-order valence-corrected chi connectivity index (χ0v) is 12.5. The maximum absolute atomic E-state index is 14.2. The number of halogens is 2. The van der Waals surface area contributed by atoms with E-state index >= 15 is 0 Å². The fraction of sp³-hybridized carbons (Fsp3) is 0.529. The summed E-state index contributed by atoms with van der Waals surface area (Å²) >= 11 is 0. The van der Waals surface area contributed by atoms with Crippen LogP contribution in [0.15, 0.2) is 24.8 Å². The highest BCUT2D eigenvalue weighted by molar-refractivity contribution is 5.29. The van der Waals surface area contributed by atoms with Gasteiger partial charge in [0.25, 0.3) is 0 Å². The van der Waals surface area contributed by atoms with Crippen molar-refractivity contribution in [3.63, 3.8) is 0 Å². The minimum absolute atomic E-state index is 0.190. The second-order valence-electron chi connectivity index (χ2n) is 5.13. The van der Waals surface area contributed by atoms with E-state index in [-0.39, 0.29) is 11.6 Å². The van der Waals surface area contributed by atoms with Crippen LogP contribution < -0.4 is 5.32 Å². The van der Waals surface area contributed by atoms with Crippen LogP contribution in [-0.2, 0) is 0 Å². The Balaban J connectivity index is 2.75. The fourth-order valence-electron chi connectivity index (χ4n) is 2.41. The van der Waals surface area contributed by atoms with Crippen LogP contribution in [0, 0.1) is 18.6 Å². The van der Waals surface area contributed by atoms with Crippen molar-refractivity contribution in [3.05, 3.63) is 47.5 Å². The molecule has 1 unspecified atom stereocenters. The quantitative estimate of drug-likeness (QED) is 0.493. The van der Waals surface area contributed by atoms with Gasteiger partial charge in [-0.05, 0) is 44.4 Å². The van der Waals surface area contributed by atoms with Gasteiger partial charge in [0, 0.05) is 11.6 Å². The molecule has 112 valence electrons. The standard InChI is InChI=1S/C17H25F2N/c1-4-6-7-8-9-10-15(20-5-2)16-14(18)12-11-13(3)17(16)19/h4,11-12,15,20H,1,5-10H2,2-3H3. The van der Waals surface area contributed by atoms with Crippen LogP contribution in [0.5, 0.6) is 0 Å². The Morgan fingerprint density at radius 2 is 2.00 bits per heavy atom. The molecule has 0 saturated heterocycles. The SMILES string of the molecule is C=CCCCCCC(NCC)c1c(F)ccc(C)c1F. The van der Waals surface area contributed by atoms with Crippen molar-refractivity contribution in [2.24, 2.45) is 0 Å². The van der Waals surface area contributed by atoms with Gasteiger partial charge in [-0.1, -0.05) is 31.9 Å². The number of rotatable bonds is 9. The Bertz CT molecular complexity index is 429. The Labute approximate surface area is 121 Å². The van der Waals surface area contributed by atoms with Crippen molar-refractivity contribution in [2.75, 3.05) is 6.54 Å². The number of aryl methyl sites for hydroxylation is 1. The normalized spacial score (nSPS) is 12.4. The molecule has 0 radical (unpaired) electrons. The zero-order valence-electron chi connectivity index (χ0n) is 12.5. The molecule has 1 rings (SSSR count). The number of unbranched alkanes of at least 4 members (excludes halogenated alkanes) is 3. The first kappa shape index (κ1) is 16.8. The molecule has 0 fully saturated rings. The van der Waals surface area contributed by atoms with Gasteiger partial charge >= 0.3 is 0 Å². The highest BCUT2D eigenvalue weighted by Crippen LogP contribution is 2.27. The second-order valence-corrected chi connectivity index (χ2v) is 5.13. The lowest BCUT2D eigenvalue weighted by Gasteiger charge is -2.20. The molecule has 0 aliphatic carbocycles. The van der Waals surface area contributed by atoms with E-state index in [1.165, 1.54) is 12.1 Å². The van der Waals surface area contributed by atoms with Gasteiger partial charge in [-0.3, -0.25) is 0 Å². The summed E-state index contributed by atoms with van der Waals surface area (Å²) in [6.45, 7) is 8.02. The third-order valence-electron chi connectivity index (χ3n) is 3.52. The van der Waals surface area contributed by atoms with Gasteiger partial charge in [-0.15, -0.1) is 6.58 Å². The Hall–Kier alpha value is -1.22. The largest absolute Gasteiger partial charge is 0.310 e. The van der Waals surface area contributed by atoms with Gasteiger partial charge in [0.05, 0.1) is 0 Å². The molecule has 1 nitrogen and oxygen atoms in total. The number of hydrogen-bond donors (Lipinski definition) is 1. The van der Waals surface area contributed by atoms with Gasteiger partial charge in [-0.2, -0.15) is 0 Å². The van der Waals surface area contributed by atoms with Crippen LogP contribution in [-0.4, -0.2) is 6.54 Å². The van der Waals surface area contributed by atoms with E-state index < -0.39 is 11.6 Å². The lowest BCUT2D eigenvalue weighted by Crippen LogP contribution is -2.23. The zero-order chi connectivity index (χ0) is 15.0. The van der Waals surface area contributed by atoms with Crippen LogP contribution >= 0.6 is 0 Å². The monoisotopic (exact) mass is 281 g/mol. The lowest BCUT2D eigenvalue weighted by molar-refractivity contribution is 0.436. The third-order valence-corrected chi connectivity index (χ3v) is 3.52. The molecule has 1 N–H and O–H groups in total. The van der Waals surface area contributed by atoms with E-state index in [4.69, 9.17) is 0 Å². The molecular weight excluding hydrogens is 256 g/mol. The van der Waals surface area contributed by atoms with Gasteiger partial charge in [-0.25, -0.2) is 8.78 Å². The summed E-state index contributed by atoms with van der Waals surface area (Å²) in [6.07, 6.45) is 6.76. The molecule has 0 aliphatic rings. The molecule has 1 atom stereocenters. The van der Waals surface area contributed by atoms with E-state index in [0.29, 0.717) is 12.1 Å². The van der Waals surface area contributed by atoms with E-state index in [2.05, 4.69) is 11.9 Å². The fourth-order valence-corrected chi connectivity index (χ4v) is 2.41. The van der Waals surface area contributed by atoms with Gasteiger partial charge in [0.2, 0.25) is 0 Å². The molecule has 0 aromatic heterocycles. The summed E-state index contributed by atoms with van der Waals surface area (Å²) in [7, 11) is 0. The van der Waals surface area contributed by atoms with E-state index in [1.807, 2.05) is 13.0 Å². The summed E-state index contributed by atoms with van der Waals surface area (Å²) in [6, 6.07) is 2.60. The van der Waals surface area contributed by atoms with E-state index in [9.17, 15) is 8.78 Å². The maximum atomic E-state index is 14.2. The van der Waals surface area contributed by atoms with E-state index in [0.717, 1.165) is 32.1 Å². The Morgan fingerprint density at radius 3 is 2.65 bits per heavy atom. The average Bonchev–Trinajstić information content (AvgIpc) is 2.43. The topological polar surface area (TPSA) is 12.0 Å².